The number of fused-ring (bicyclic) bond motifs is 9. The summed E-state index contributed by atoms with van der Waals surface area (Å²) in [6, 6.07) is 28.7. The van der Waals surface area contributed by atoms with E-state index in [0.29, 0.717) is 17.1 Å². The topological polar surface area (TPSA) is 61.9 Å². The Morgan fingerprint density at radius 1 is 0.818 bits per heavy atom. The van der Waals surface area contributed by atoms with E-state index < -0.39 is 26.2 Å². The summed E-state index contributed by atoms with van der Waals surface area (Å²) in [4.78, 5) is 9.77. The van der Waals surface area contributed by atoms with Gasteiger partial charge in [0.15, 0.2) is 0 Å². The summed E-state index contributed by atoms with van der Waals surface area (Å²) >= 11 is 0. The second kappa shape index (κ2) is 11.3. The predicted octanol–water partition coefficient (Wildman–Crippen LogP) is 9.72. The van der Waals surface area contributed by atoms with Crippen LogP contribution in [0.5, 0.6) is 11.6 Å². The average molecular weight is 737 g/mol. The lowest BCUT2D eigenvalue weighted by Crippen LogP contribution is -2.57. The molecule has 266 valence electrons. The van der Waals surface area contributed by atoms with E-state index in [9.17, 15) is 0 Å². The summed E-state index contributed by atoms with van der Waals surface area (Å²) in [6.07, 6.45) is 7.10. The fraction of sp³-hybridized carbons (Fsp3) is 0.128. The molecule has 0 fully saturated rings. The Balaban J connectivity index is 1.09. The quantitative estimate of drug-likeness (QED) is 0.103. The number of hydrogen-bond donors (Lipinski definition) is 0. The van der Waals surface area contributed by atoms with Crippen LogP contribution in [0.15, 0.2) is 138 Å². The summed E-state index contributed by atoms with van der Waals surface area (Å²) < 4.78 is 61.4. The van der Waals surface area contributed by atoms with Crippen LogP contribution in [-0.2, 0) is 5.41 Å². The van der Waals surface area contributed by atoms with Crippen LogP contribution in [-0.4, -0.2) is 27.2 Å². The highest BCUT2D eigenvalue weighted by Crippen LogP contribution is 2.41. The van der Waals surface area contributed by atoms with Gasteiger partial charge in [0.05, 0.1) is 45.7 Å². The number of nitrogens with zero attached hydrogens (tertiary/aromatic N) is 5. The third-order valence-corrected chi connectivity index (χ3v) is 14.7. The van der Waals surface area contributed by atoms with Crippen molar-refractivity contribution in [2.45, 2.75) is 39.3 Å². The van der Waals surface area contributed by atoms with Crippen LogP contribution >= 0.6 is 0 Å². The molecule has 1 aliphatic rings. The van der Waals surface area contributed by atoms with Gasteiger partial charge < -0.3 is 9.15 Å². The van der Waals surface area contributed by atoms with Gasteiger partial charge in [-0.25, -0.2) is 9.97 Å². The van der Waals surface area contributed by atoms with Crippen molar-refractivity contribution >= 4 is 73.2 Å². The van der Waals surface area contributed by atoms with E-state index >= 15 is 0 Å². The lowest BCUT2D eigenvalue weighted by atomic mass is 9.88. The van der Waals surface area contributed by atoms with Crippen molar-refractivity contribution in [3.63, 3.8) is 0 Å². The summed E-state index contributed by atoms with van der Waals surface area (Å²) in [7, 11) is -2.32. The first-order chi connectivity index (χ1) is 28.7. The van der Waals surface area contributed by atoms with Crippen molar-refractivity contribution in [2.75, 3.05) is 0 Å². The second-order valence-corrected chi connectivity index (χ2v) is 20.1. The van der Waals surface area contributed by atoms with Crippen LogP contribution in [0.2, 0.25) is 13.1 Å². The fourth-order valence-electron chi connectivity index (χ4n) is 8.38. The van der Waals surface area contributed by atoms with Gasteiger partial charge in [-0.1, -0.05) is 94.5 Å². The largest absolute Gasteiger partial charge is 0.455 e. The molecule has 0 saturated carbocycles. The molecule has 55 heavy (non-hydrogen) atoms. The summed E-state index contributed by atoms with van der Waals surface area (Å²) in [5.74, 6) is 1.72. The van der Waals surface area contributed by atoms with E-state index in [4.69, 9.17) is 26.0 Å². The number of hydrogen-bond acceptors (Lipinski definition) is 4. The number of imidazole rings is 1. The Bertz CT molecular complexity index is 3480. The van der Waals surface area contributed by atoms with Gasteiger partial charge in [0.25, 0.3) is 6.33 Å². The standard InChI is InChI=1S/C47H37N5O2Si/c1-47(2,3)29-22-23-48-42(24-29)52-35-20-19-33-32-14-9-10-16-39(32)54-46(33)44(35)34-27-49-43(26-37(34)52)53-31-18-21-40-38(25-31)51-28-50(30-12-7-6-8-13-30)36-15-11-17-41(45(36)51)55(40,4)5/h6-27H,1-5H3/i6D,7D,8D,12D,13D. The van der Waals surface area contributed by atoms with Gasteiger partial charge in [-0.15, -0.1) is 0 Å². The van der Waals surface area contributed by atoms with Crippen LogP contribution in [0.1, 0.15) is 33.2 Å². The Morgan fingerprint density at radius 3 is 2.53 bits per heavy atom. The first kappa shape index (κ1) is 27.1. The van der Waals surface area contributed by atoms with Crippen molar-refractivity contribution in [1.82, 2.24) is 19.1 Å². The fourth-order valence-corrected chi connectivity index (χ4v) is 11.3. The minimum atomic E-state index is -2.32. The van der Waals surface area contributed by atoms with Crippen molar-refractivity contribution in [2.24, 2.45) is 0 Å². The number of benzene rings is 5. The smallest absolute Gasteiger partial charge is 0.269 e. The summed E-state index contributed by atoms with van der Waals surface area (Å²) in [6.45, 7) is 11.2. The lowest BCUT2D eigenvalue weighted by molar-refractivity contribution is -0.572. The Morgan fingerprint density at radius 2 is 1.67 bits per heavy atom. The molecule has 0 spiro atoms. The first-order valence-electron chi connectivity index (χ1n) is 20.8. The van der Waals surface area contributed by atoms with E-state index in [2.05, 4.69) is 87.2 Å². The van der Waals surface area contributed by atoms with Crippen molar-refractivity contribution in [1.29, 1.82) is 0 Å². The second-order valence-electron chi connectivity index (χ2n) is 15.8. The molecule has 0 atom stereocenters. The third-order valence-electron chi connectivity index (χ3n) is 11.1. The zero-order valence-electron chi connectivity index (χ0n) is 35.9. The van der Waals surface area contributed by atoms with Gasteiger partial charge in [0.2, 0.25) is 5.88 Å². The summed E-state index contributed by atoms with van der Waals surface area (Å²) in [5.41, 5.74) is 6.95. The first-order valence-corrected chi connectivity index (χ1v) is 21.3. The molecule has 8 heteroatoms. The molecule has 0 radical (unpaired) electrons. The maximum atomic E-state index is 8.78. The zero-order valence-corrected chi connectivity index (χ0v) is 31.9. The molecule has 11 rings (SSSR count). The molecular formula is C47H37N5O2Si. The summed E-state index contributed by atoms with van der Waals surface area (Å²) in [5, 5.41) is 6.23. The van der Waals surface area contributed by atoms with Gasteiger partial charge in [-0.3, -0.25) is 13.7 Å². The highest BCUT2D eigenvalue weighted by atomic mass is 28.3. The maximum Gasteiger partial charge on any atom is 0.269 e. The third kappa shape index (κ3) is 4.64. The van der Waals surface area contributed by atoms with Crippen molar-refractivity contribution in [3.8, 4) is 28.8 Å². The van der Waals surface area contributed by atoms with Crippen LogP contribution in [0.4, 0.5) is 0 Å². The SMILES string of the molecule is [2H]c1c([2H])c([2H])c(-[n+]2[c-]n3c4c(cccc42)[Si](C)(C)c2ccc(Oc4cc5c(cn4)c4c6oc7ccccc7c6ccc4n5-c4cc(C(C)(C)C)ccn4)cc2-3)c([2H])c1[2H]. The number of para-hydroxylation sites is 3. The van der Waals surface area contributed by atoms with E-state index in [1.165, 1.54) is 0 Å². The molecule has 0 unspecified atom stereocenters. The molecule has 0 N–H and O–H groups in total. The Kier molecular flexibility index (Phi) is 5.55. The monoisotopic (exact) mass is 736 g/mol. The molecule has 10 aromatic rings. The number of furan rings is 1. The van der Waals surface area contributed by atoms with Crippen molar-refractivity contribution < 1.29 is 20.6 Å². The number of aromatic nitrogens is 5. The molecule has 0 amide bonds. The predicted molar refractivity (Wildman–Crippen MR) is 223 cm³/mol. The molecule has 6 heterocycles. The number of ether oxygens (including phenoxy) is 1. The average Bonchev–Trinajstić information content (AvgIpc) is 3.91. The molecular weight excluding hydrogens is 695 g/mol. The zero-order chi connectivity index (χ0) is 41.6. The minimum absolute atomic E-state index is 0.0487. The molecule has 5 aromatic heterocycles. The molecule has 0 saturated heterocycles. The Hall–Kier alpha value is -6.51. The van der Waals surface area contributed by atoms with Crippen LogP contribution in [0.25, 0.3) is 72.0 Å². The van der Waals surface area contributed by atoms with E-state index in [0.717, 1.165) is 76.7 Å². The van der Waals surface area contributed by atoms with E-state index in [-0.39, 0.29) is 23.2 Å². The number of pyridine rings is 2. The van der Waals surface area contributed by atoms with Crippen molar-refractivity contribution in [3.05, 3.63) is 145 Å². The van der Waals surface area contributed by atoms with Crippen LogP contribution in [0, 0.1) is 6.33 Å². The van der Waals surface area contributed by atoms with Gasteiger partial charge in [-0.2, -0.15) is 0 Å². The normalized spacial score (nSPS) is 15.0. The van der Waals surface area contributed by atoms with Gasteiger partial charge in [0.1, 0.15) is 30.8 Å². The highest BCUT2D eigenvalue weighted by Gasteiger charge is 2.36. The Labute approximate surface area is 325 Å². The molecule has 0 bridgehead atoms. The number of rotatable bonds is 4. The molecule has 7 nitrogen and oxygen atoms in total. The maximum absolute atomic E-state index is 8.78. The molecule has 0 aliphatic carbocycles. The molecule has 1 aliphatic heterocycles. The van der Waals surface area contributed by atoms with E-state index in [1.807, 2.05) is 65.5 Å². The van der Waals surface area contributed by atoms with Gasteiger partial charge in [-0.05, 0) is 75.9 Å². The van der Waals surface area contributed by atoms with Crippen LogP contribution in [0.3, 0.4) is 0 Å². The van der Waals surface area contributed by atoms with Gasteiger partial charge >= 0.3 is 0 Å². The van der Waals surface area contributed by atoms with Gasteiger partial charge in [0, 0.05) is 34.6 Å². The minimum Gasteiger partial charge on any atom is -0.455 e. The van der Waals surface area contributed by atoms with E-state index in [1.54, 1.807) is 4.57 Å². The lowest BCUT2D eigenvalue weighted by Gasteiger charge is -2.32. The van der Waals surface area contributed by atoms with Crippen LogP contribution < -0.4 is 19.7 Å². The molecule has 5 aromatic carbocycles. The highest BCUT2D eigenvalue weighted by molar-refractivity contribution is 7.02.